The Bertz CT molecular complexity index is 1090. The van der Waals surface area contributed by atoms with Gasteiger partial charge in [0.15, 0.2) is 0 Å². The second kappa shape index (κ2) is 11.1. The molecule has 4 rings (SSSR count). The van der Waals surface area contributed by atoms with Crippen LogP contribution in [0.4, 0.5) is 0 Å². The van der Waals surface area contributed by atoms with Gasteiger partial charge in [0, 0.05) is 12.6 Å². The lowest BCUT2D eigenvalue weighted by atomic mass is 9.88. The van der Waals surface area contributed by atoms with E-state index in [9.17, 15) is 8.42 Å². The summed E-state index contributed by atoms with van der Waals surface area (Å²) in [7, 11) is -3.50. The molecule has 1 heterocycles. The Labute approximate surface area is 198 Å². The Morgan fingerprint density at radius 3 is 2.12 bits per heavy atom. The number of nitrogens with zero attached hydrogens (tertiary/aromatic N) is 1. The molecule has 4 nitrogen and oxygen atoms in total. The van der Waals surface area contributed by atoms with E-state index in [0.717, 1.165) is 31.5 Å². The van der Waals surface area contributed by atoms with E-state index in [1.54, 1.807) is 12.1 Å². The maximum Gasteiger partial charge on any atom is 0.240 e. The number of piperidine rings is 1. The fourth-order valence-corrected chi connectivity index (χ4v) is 5.83. The SMILES string of the molecule is Cc1ccc(S(=O)(=O)NCCC(c2ccccc2)N2CCC(Cc3ccccc3)CC2)cc1. The van der Waals surface area contributed by atoms with Crippen LogP contribution in [0.1, 0.15) is 42.0 Å². The van der Waals surface area contributed by atoms with E-state index < -0.39 is 10.0 Å². The Hall–Kier alpha value is -2.47. The largest absolute Gasteiger partial charge is 0.296 e. The highest BCUT2D eigenvalue weighted by Gasteiger charge is 2.26. The molecule has 1 saturated heterocycles. The molecule has 0 amide bonds. The van der Waals surface area contributed by atoms with Gasteiger partial charge in [0.2, 0.25) is 10.0 Å². The highest BCUT2D eigenvalue weighted by atomic mass is 32.2. The van der Waals surface area contributed by atoms with Crippen LogP contribution < -0.4 is 4.72 Å². The minimum Gasteiger partial charge on any atom is -0.296 e. The molecule has 0 bridgehead atoms. The van der Waals surface area contributed by atoms with E-state index in [-0.39, 0.29) is 6.04 Å². The summed E-state index contributed by atoms with van der Waals surface area (Å²) in [6, 6.07) is 28.5. The third-order valence-electron chi connectivity index (χ3n) is 6.68. The zero-order valence-corrected chi connectivity index (χ0v) is 20.2. The normalized spacial score (nSPS) is 16.5. The van der Waals surface area contributed by atoms with Crippen molar-refractivity contribution in [3.05, 3.63) is 102 Å². The van der Waals surface area contributed by atoms with Crippen LogP contribution in [0.3, 0.4) is 0 Å². The second-order valence-corrected chi connectivity index (χ2v) is 10.9. The van der Waals surface area contributed by atoms with Crippen molar-refractivity contribution >= 4 is 10.0 Å². The Morgan fingerprint density at radius 1 is 0.879 bits per heavy atom. The number of aryl methyl sites for hydroxylation is 1. The van der Waals surface area contributed by atoms with Crippen LogP contribution in [0.5, 0.6) is 0 Å². The lowest BCUT2D eigenvalue weighted by molar-refractivity contribution is 0.126. The standard InChI is InChI=1S/C28H34N2O2S/c1-23-12-14-27(15-13-23)33(31,32)29-19-16-28(26-10-6-3-7-11-26)30-20-17-25(18-21-30)22-24-8-4-2-5-9-24/h2-15,25,28-29H,16-22H2,1H3. The van der Waals surface area contributed by atoms with Gasteiger partial charge in [-0.15, -0.1) is 0 Å². The number of hydrogen-bond donors (Lipinski definition) is 1. The molecule has 3 aromatic rings. The molecule has 0 aromatic heterocycles. The summed E-state index contributed by atoms with van der Waals surface area (Å²) >= 11 is 0. The van der Waals surface area contributed by atoms with Crippen molar-refractivity contribution in [2.45, 2.75) is 43.5 Å². The lowest BCUT2D eigenvalue weighted by Crippen LogP contribution is -2.39. The van der Waals surface area contributed by atoms with Gasteiger partial charge < -0.3 is 0 Å². The van der Waals surface area contributed by atoms with Gasteiger partial charge in [-0.1, -0.05) is 78.4 Å². The summed E-state index contributed by atoms with van der Waals surface area (Å²) in [5.41, 5.74) is 3.73. The van der Waals surface area contributed by atoms with Crippen LogP contribution in [0.15, 0.2) is 89.8 Å². The molecule has 0 spiro atoms. The lowest BCUT2D eigenvalue weighted by Gasteiger charge is -2.38. The third-order valence-corrected chi connectivity index (χ3v) is 8.16. The molecule has 1 N–H and O–H groups in total. The van der Waals surface area contributed by atoms with Crippen LogP contribution >= 0.6 is 0 Å². The number of hydrogen-bond acceptors (Lipinski definition) is 3. The van der Waals surface area contributed by atoms with Crippen molar-refractivity contribution in [2.75, 3.05) is 19.6 Å². The maximum atomic E-state index is 12.7. The van der Waals surface area contributed by atoms with Gasteiger partial charge in [0.05, 0.1) is 4.90 Å². The number of rotatable bonds is 9. The van der Waals surface area contributed by atoms with Gasteiger partial charge in [0.25, 0.3) is 0 Å². The quantitative estimate of drug-likeness (QED) is 0.466. The van der Waals surface area contributed by atoms with Crippen LogP contribution in [0.25, 0.3) is 0 Å². The molecule has 3 aromatic carbocycles. The molecule has 1 aliphatic heterocycles. The molecule has 1 aliphatic rings. The zero-order valence-electron chi connectivity index (χ0n) is 19.4. The van der Waals surface area contributed by atoms with Crippen molar-refractivity contribution in [1.82, 2.24) is 9.62 Å². The molecule has 174 valence electrons. The average molecular weight is 463 g/mol. The number of benzene rings is 3. The van der Waals surface area contributed by atoms with Gasteiger partial charge in [0.1, 0.15) is 0 Å². The topological polar surface area (TPSA) is 49.4 Å². The highest BCUT2D eigenvalue weighted by molar-refractivity contribution is 7.89. The van der Waals surface area contributed by atoms with Gasteiger partial charge in [-0.25, -0.2) is 13.1 Å². The molecule has 1 unspecified atom stereocenters. The van der Waals surface area contributed by atoms with E-state index in [4.69, 9.17) is 0 Å². The molecule has 0 saturated carbocycles. The van der Waals surface area contributed by atoms with Crippen LogP contribution in [-0.2, 0) is 16.4 Å². The predicted octanol–water partition coefficient (Wildman–Crippen LogP) is 5.36. The second-order valence-electron chi connectivity index (χ2n) is 9.10. The average Bonchev–Trinajstić information content (AvgIpc) is 2.84. The molecular weight excluding hydrogens is 428 g/mol. The fraction of sp³-hybridized carbons (Fsp3) is 0.357. The number of likely N-dealkylation sites (tertiary alicyclic amines) is 1. The molecule has 5 heteroatoms. The summed E-state index contributed by atoms with van der Waals surface area (Å²) in [6.07, 6.45) is 4.24. The van der Waals surface area contributed by atoms with Gasteiger partial charge in [-0.2, -0.15) is 0 Å². The Morgan fingerprint density at radius 2 is 1.48 bits per heavy atom. The maximum absolute atomic E-state index is 12.7. The van der Waals surface area contributed by atoms with Gasteiger partial charge in [-0.3, -0.25) is 4.90 Å². The van der Waals surface area contributed by atoms with Crippen molar-refractivity contribution < 1.29 is 8.42 Å². The van der Waals surface area contributed by atoms with E-state index >= 15 is 0 Å². The first-order valence-electron chi connectivity index (χ1n) is 11.9. The number of sulfonamides is 1. The smallest absolute Gasteiger partial charge is 0.240 e. The minimum absolute atomic E-state index is 0.213. The zero-order chi connectivity index (χ0) is 23.1. The van der Waals surface area contributed by atoms with E-state index in [1.807, 2.05) is 25.1 Å². The fourth-order valence-electron chi connectivity index (χ4n) is 4.78. The van der Waals surface area contributed by atoms with Crippen molar-refractivity contribution in [1.29, 1.82) is 0 Å². The highest BCUT2D eigenvalue weighted by Crippen LogP contribution is 2.30. The summed E-state index contributed by atoms with van der Waals surface area (Å²) in [6.45, 7) is 4.46. The molecule has 0 aliphatic carbocycles. The molecule has 0 radical (unpaired) electrons. The molecule has 1 fully saturated rings. The van der Waals surface area contributed by atoms with Crippen LogP contribution in [-0.4, -0.2) is 33.0 Å². The summed E-state index contributed by atoms with van der Waals surface area (Å²) in [5.74, 6) is 0.708. The Kier molecular flexibility index (Phi) is 7.97. The van der Waals surface area contributed by atoms with Crippen LogP contribution in [0, 0.1) is 12.8 Å². The van der Waals surface area contributed by atoms with Crippen molar-refractivity contribution in [3.8, 4) is 0 Å². The molecule has 1 atom stereocenters. The van der Waals surface area contributed by atoms with Gasteiger partial charge >= 0.3 is 0 Å². The van der Waals surface area contributed by atoms with E-state index in [2.05, 4.69) is 64.2 Å². The number of nitrogens with one attached hydrogen (secondary N) is 1. The predicted molar refractivity (Wildman–Crippen MR) is 135 cm³/mol. The first kappa shape index (κ1) is 23.7. The first-order chi connectivity index (χ1) is 16.0. The monoisotopic (exact) mass is 462 g/mol. The molecular formula is C28H34N2O2S. The van der Waals surface area contributed by atoms with Crippen molar-refractivity contribution in [3.63, 3.8) is 0 Å². The Balaban J connectivity index is 1.37. The molecule has 33 heavy (non-hydrogen) atoms. The summed E-state index contributed by atoms with van der Waals surface area (Å²) in [5, 5.41) is 0. The summed E-state index contributed by atoms with van der Waals surface area (Å²) in [4.78, 5) is 2.86. The van der Waals surface area contributed by atoms with Crippen molar-refractivity contribution in [2.24, 2.45) is 5.92 Å². The van der Waals surface area contributed by atoms with E-state index in [0.29, 0.717) is 17.4 Å². The van der Waals surface area contributed by atoms with E-state index in [1.165, 1.54) is 24.0 Å². The third kappa shape index (κ3) is 6.53. The summed E-state index contributed by atoms with van der Waals surface area (Å²) < 4.78 is 28.3. The first-order valence-corrected chi connectivity index (χ1v) is 13.4. The van der Waals surface area contributed by atoms with Gasteiger partial charge in [-0.05, 0) is 74.9 Å². The van der Waals surface area contributed by atoms with Crippen LogP contribution in [0.2, 0.25) is 0 Å². The minimum atomic E-state index is -3.50.